The molecular formula is C13H13NO2S2. The van der Waals surface area contributed by atoms with Crippen molar-refractivity contribution in [2.45, 2.75) is 11.1 Å². The summed E-state index contributed by atoms with van der Waals surface area (Å²) >= 11 is 3.04. The molecule has 0 aliphatic heterocycles. The second-order valence-corrected chi connectivity index (χ2v) is 5.52. The summed E-state index contributed by atoms with van der Waals surface area (Å²) in [6.45, 7) is 2.16. The molecular weight excluding hydrogens is 266 g/mol. The number of rotatable bonds is 4. The van der Waals surface area contributed by atoms with E-state index in [0.29, 0.717) is 12.3 Å². The first-order valence-corrected chi connectivity index (χ1v) is 7.57. The lowest BCUT2D eigenvalue weighted by Crippen LogP contribution is -2.06. The Bertz CT molecular complexity index is 537. The van der Waals surface area contributed by atoms with Crippen LogP contribution in [0.5, 0.6) is 0 Å². The molecule has 18 heavy (non-hydrogen) atoms. The topological polar surface area (TPSA) is 39.2 Å². The average molecular weight is 279 g/mol. The first-order chi connectivity index (χ1) is 8.76. The van der Waals surface area contributed by atoms with E-state index in [1.54, 1.807) is 6.92 Å². The number of hydrogen-bond donors (Lipinski definition) is 0. The summed E-state index contributed by atoms with van der Waals surface area (Å²) in [6.07, 6.45) is 1.94. The van der Waals surface area contributed by atoms with Gasteiger partial charge in [0.1, 0.15) is 5.01 Å². The molecule has 0 aliphatic carbocycles. The van der Waals surface area contributed by atoms with Crippen LogP contribution in [0.1, 0.15) is 17.4 Å². The molecule has 0 unspecified atom stereocenters. The highest BCUT2D eigenvalue weighted by atomic mass is 32.2. The fraction of sp³-hybridized carbons (Fsp3) is 0.231. The number of carbonyl (C=O) groups excluding carboxylic acids is 1. The van der Waals surface area contributed by atoms with Gasteiger partial charge in [0, 0.05) is 5.56 Å². The van der Waals surface area contributed by atoms with Crippen LogP contribution in [0.4, 0.5) is 0 Å². The number of ether oxygens (including phenoxy) is 1. The van der Waals surface area contributed by atoms with Gasteiger partial charge in [0.05, 0.1) is 10.8 Å². The van der Waals surface area contributed by atoms with Gasteiger partial charge < -0.3 is 4.74 Å². The van der Waals surface area contributed by atoms with E-state index in [-0.39, 0.29) is 5.97 Å². The third-order valence-corrected chi connectivity index (χ3v) is 4.48. The number of hydrogen-bond acceptors (Lipinski definition) is 5. The molecule has 1 heterocycles. The summed E-state index contributed by atoms with van der Waals surface area (Å²) in [5, 5.41) is 0.850. The van der Waals surface area contributed by atoms with E-state index >= 15 is 0 Å². The van der Waals surface area contributed by atoms with E-state index in [2.05, 4.69) is 4.98 Å². The Balaban J connectivity index is 2.38. The zero-order chi connectivity index (χ0) is 13.0. The van der Waals surface area contributed by atoms with Gasteiger partial charge in [0.2, 0.25) is 0 Å². The van der Waals surface area contributed by atoms with Crippen molar-refractivity contribution in [3.05, 3.63) is 36.0 Å². The Morgan fingerprint density at radius 3 is 2.72 bits per heavy atom. The molecule has 1 aromatic carbocycles. The van der Waals surface area contributed by atoms with Crippen LogP contribution in [0.25, 0.3) is 10.6 Å². The van der Waals surface area contributed by atoms with Crippen molar-refractivity contribution in [1.29, 1.82) is 0 Å². The largest absolute Gasteiger partial charge is 0.461 e. The fourth-order valence-electron chi connectivity index (χ4n) is 1.48. The van der Waals surface area contributed by atoms with Crippen LogP contribution in [0.3, 0.4) is 0 Å². The molecule has 0 radical (unpaired) electrons. The van der Waals surface area contributed by atoms with Crippen molar-refractivity contribution in [3.8, 4) is 10.6 Å². The maximum Gasteiger partial charge on any atom is 0.359 e. The van der Waals surface area contributed by atoms with Crippen molar-refractivity contribution >= 4 is 29.1 Å². The number of thiazole rings is 1. The zero-order valence-corrected chi connectivity index (χ0v) is 11.8. The monoisotopic (exact) mass is 279 g/mol. The molecule has 0 bridgehead atoms. The van der Waals surface area contributed by atoms with Crippen LogP contribution in [0.15, 0.2) is 34.5 Å². The normalized spacial score (nSPS) is 10.3. The smallest absolute Gasteiger partial charge is 0.359 e. The lowest BCUT2D eigenvalue weighted by molar-refractivity contribution is 0.0516. The molecule has 0 N–H and O–H groups in total. The van der Waals surface area contributed by atoms with Crippen molar-refractivity contribution in [3.63, 3.8) is 0 Å². The van der Waals surface area contributed by atoms with E-state index in [9.17, 15) is 4.79 Å². The Kier molecular flexibility index (Phi) is 4.38. The molecule has 3 nitrogen and oxygen atoms in total. The lowest BCUT2D eigenvalue weighted by Gasteiger charge is -1.98. The van der Waals surface area contributed by atoms with Gasteiger partial charge in [-0.05, 0) is 13.2 Å². The SMILES string of the molecule is CCOC(=O)c1nc(-c2ccccc2)sc1SC. The van der Waals surface area contributed by atoms with E-state index in [1.807, 2.05) is 36.6 Å². The Hall–Kier alpha value is -1.33. The second-order valence-electron chi connectivity index (χ2n) is 3.45. The van der Waals surface area contributed by atoms with Crippen LogP contribution in [-0.4, -0.2) is 23.8 Å². The van der Waals surface area contributed by atoms with Gasteiger partial charge in [-0.3, -0.25) is 0 Å². The highest BCUT2D eigenvalue weighted by Gasteiger charge is 2.19. The summed E-state index contributed by atoms with van der Waals surface area (Å²) in [5.74, 6) is -0.347. The third-order valence-electron chi connectivity index (χ3n) is 2.27. The summed E-state index contributed by atoms with van der Waals surface area (Å²) in [4.78, 5) is 16.2. The number of thioether (sulfide) groups is 1. The Labute approximate surface area is 114 Å². The van der Waals surface area contributed by atoms with Crippen molar-refractivity contribution in [2.24, 2.45) is 0 Å². The molecule has 1 aromatic heterocycles. The van der Waals surface area contributed by atoms with Crippen LogP contribution in [0, 0.1) is 0 Å². The molecule has 0 aliphatic rings. The number of benzene rings is 1. The summed E-state index contributed by atoms with van der Waals surface area (Å²) in [6, 6.07) is 9.84. The van der Waals surface area contributed by atoms with E-state index in [0.717, 1.165) is 14.8 Å². The van der Waals surface area contributed by atoms with E-state index < -0.39 is 0 Å². The minimum atomic E-state index is -0.347. The molecule has 0 saturated carbocycles. The maximum absolute atomic E-state index is 11.8. The van der Waals surface area contributed by atoms with Gasteiger partial charge in [-0.1, -0.05) is 30.3 Å². The number of nitrogens with zero attached hydrogens (tertiary/aromatic N) is 1. The maximum atomic E-state index is 11.8. The zero-order valence-electron chi connectivity index (χ0n) is 10.2. The van der Waals surface area contributed by atoms with E-state index in [1.165, 1.54) is 23.1 Å². The van der Waals surface area contributed by atoms with Gasteiger partial charge in [0.25, 0.3) is 0 Å². The highest BCUT2D eigenvalue weighted by molar-refractivity contribution is 8.00. The third kappa shape index (κ3) is 2.73. The summed E-state index contributed by atoms with van der Waals surface area (Å²) < 4.78 is 5.91. The number of aromatic nitrogens is 1. The molecule has 0 atom stereocenters. The molecule has 0 amide bonds. The number of esters is 1. The summed E-state index contributed by atoms with van der Waals surface area (Å²) in [7, 11) is 0. The molecule has 2 rings (SSSR count). The standard InChI is InChI=1S/C13H13NO2S2/c1-3-16-12(15)10-13(17-2)18-11(14-10)9-7-5-4-6-8-9/h4-8H,3H2,1-2H3. The van der Waals surface area contributed by atoms with Crippen molar-refractivity contribution in [2.75, 3.05) is 12.9 Å². The first kappa shape index (κ1) is 13.1. The van der Waals surface area contributed by atoms with Gasteiger partial charge in [0.15, 0.2) is 5.69 Å². The Morgan fingerprint density at radius 2 is 2.11 bits per heavy atom. The number of carbonyl (C=O) groups is 1. The van der Waals surface area contributed by atoms with Crippen molar-refractivity contribution in [1.82, 2.24) is 4.98 Å². The molecule has 2 aromatic rings. The molecule has 0 spiro atoms. The van der Waals surface area contributed by atoms with E-state index in [4.69, 9.17) is 4.74 Å². The molecule has 0 saturated heterocycles. The van der Waals surface area contributed by atoms with Gasteiger partial charge in [-0.25, -0.2) is 9.78 Å². The summed E-state index contributed by atoms with van der Waals surface area (Å²) in [5.41, 5.74) is 1.45. The minimum absolute atomic E-state index is 0.347. The highest BCUT2D eigenvalue weighted by Crippen LogP contribution is 2.34. The second kappa shape index (κ2) is 6.02. The molecule has 94 valence electrons. The molecule has 0 fully saturated rings. The van der Waals surface area contributed by atoms with Crippen LogP contribution >= 0.6 is 23.1 Å². The predicted molar refractivity (Wildman–Crippen MR) is 75.3 cm³/mol. The van der Waals surface area contributed by atoms with Crippen LogP contribution in [0.2, 0.25) is 0 Å². The van der Waals surface area contributed by atoms with Gasteiger partial charge in [-0.2, -0.15) is 0 Å². The minimum Gasteiger partial charge on any atom is -0.461 e. The first-order valence-electron chi connectivity index (χ1n) is 5.53. The average Bonchev–Trinajstić information content (AvgIpc) is 2.84. The molecule has 5 heteroatoms. The van der Waals surface area contributed by atoms with Crippen LogP contribution in [-0.2, 0) is 4.74 Å². The Morgan fingerprint density at radius 1 is 1.39 bits per heavy atom. The lowest BCUT2D eigenvalue weighted by atomic mass is 10.2. The fourth-order valence-corrected chi connectivity index (χ4v) is 3.16. The predicted octanol–water partition coefficient (Wildman–Crippen LogP) is 3.71. The van der Waals surface area contributed by atoms with Gasteiger partial charge >= 0.3 is 5.97 Å². The van der Waals surface area contributed by atoms with Gasteiger partial charge in [-0.15, -0.1) is 23.1 Å². The van der Waals surface area contributed by atoms with Crippen LogP contribution < -0.4 is 0 Å². The quantitative estimate of drug-likeness (QED) is 0.632. The van der Waals surface area contributed by atoms with Crippen molar-refractivity contribution < 1.29 is 9.53 Å².